The van der Waals surface area contributed by atoms with Gasteiger partial charge in [0.05, 0.1) is 5.69 Å². The van der Waals surface area contributed by atoms with E-state index in [2.05, 4.69) is 20.5 Å². The van der Waals surface area contributed by atoms with Crippen LogP contribution in [0.3, 0.4) is 0 Å². The van der Waals surface area contributed by atoms with Crippen LogP contribution in [0, 0.1) is 6.92 Å². The second kappa shape index (κ2) is 5.69. The maximum Gasteiger partial charge on any atom is 0.434 e. The standard InChI is InChI=1S/C12H8F3N5S2/c1-7-2-4-8(5-3-7)20-10(17-18-19-20)22-11-16-9(6-21-11)12(13,14)15/h2-6H,1H3. The van der Waals surface area contributed by atoms with Gasteiger partial charge < -0.3 is 0 Å². The van der Waals surface area contributed by atoms with E-state index in [4.69, 9.17) is 0 Å². The molecule has 0 atom stereocenters. The molecule has 3 rings (SSSR count). The van der Waals surface area contributed by atoms with Gasteiger partial charge in [0.15, 0.2) is 10.0 Å². The number of nitrogens with zero attached hydrogens (tertiary/aromatic N) is 5. The number of tetrazole rings is 1. The Labute approximate surface area is 131 Å². The van der Waals surface area contributed by atoms with E-state index < -0.39 is 11.9 Å². The average Bonchev–Trinajstić information content (AvgIpc) is 3.09. The zero-order valence-corrected chi connectivity index (χ0v) is 12.7. The summed E-state index contributed by atoms with van der Waals surface area (Å²) < 4.78 is 39.3. The van der Waals surface area contributed by atoms with Crippen LogP contribution in [0.25, 0.3) is 5.69 Å². The van der Waals surface area contributed by atoms with Gasteiger partial charge >= 0.3 is 6.18 Å². The van der Waals surface area contributed by atoms with Gasteiger partial charge in [-0.05, 0) is 41.2 Å². The van der Waals surface area contributed by atoms with Crippen LogP contribution in [0.5, 0.6) is 0 Å². The van der Waals surface area contributed by atoms with Crippen LogP contribution in [-0.2, 0) is 6.18 Å². The Bertz CT molecular complexity index is 779. The van der Waals surface area contributed by atoms with Crippen molar-refractivity contribution >= 4 is 23.1 Å². The topological polar surface area (TPSA) is 56.5 Å². The summed E-state index contributed by atoms with van der Waals surface area (Å²) in [5.41, 5.74) is 0.904. The molecule has 0 radical (unpaired) electrons. The summed E-state index contributed by atoms with van der Waals surface area (Å²) in [5.74, 6) is 0. The molecule has 0 spiro atoms. The van der Waals surface area contributed by atoms with Gasteiger partial charge in [0.1, 0.15) is 0 Å². The van der Waals surface area contributed by atoms with Gasteiger partial charge in [-0.15, -0.1) is 16.4 Å². The summed E-state index contributed by atoms with van der Waals surface area (Å²) in [6.07, 6.45) is -4.45. The minimum absolute atomic E-state index is 0.232. The van der Waals surface area contributed by atoms with Crippen LogP contribution in [0.4, 0.5) is 13.2 Å². The number of aromatic nitrogens is 5. The lowest BCUT2D eigenvalue weighted by Gasteiger charge is -2.03. The lowest BCUT2D eigenvalue weighted by Crippen LogP contribution is -2.04. The maximum absolute atomic E-state index is 12.6. The van der Waals surface area contributed by atoms with Crippen molar-refractivity contribution in [3.63, 3.8) is 0 Å². The zero-order valence-electron chi connectivity index (χ0n) is 11.1. The molecule has 0 aliphatic carbocycles. The number of rotatable bonds is 3. The third-order valence-corrected chi connectivity index (χ3v) is 4.55. The van der Waals surface area contributed by atoms with E-state index >= 15 is 0 Å². The minimum Gasteiger partial charge on any atom is -0.225 e. The molecule has 2 heterocycles. The van der Waals surface area contributed by atoms with Gasteiger partial charge in [-0.1, -0.05) is 17.7 Å². The molecule has 3 aromatic rings. The van der Waals surface area contributed by atoms with E-state index in [0.717, 1.165) is 39.7 Å². The molecule has 0 unspecified atom stereocenters. The van der Waals surface area contributed by atoms with E-state index in [1.807, 2.05) is 31.2 Å². The number of aryl methyl sites for hydroxylation is 1. The molecule has 22 heavy (non-hydrogen) atoms. The van der Waals surface area contributed by atoms with E-state index in [1.54, 1.807) is 0 Å². The maximum atomic E-state index is 12.6. The molecule has 0 aliphatic heterocycles. The SMILES string of the molecule is Cc1ccc(-n2nnnc2Sc2nc(C(F)(F)F)cs2)cc1. The molecule has 114 valence electrons. The molecule has 0 amide bonds. The first kappa shape index (κ1) is 15.0. The minimum atomic E-state index is -4.45. The van der Waals surface area contributed by atoms with E-state index in [0.29, 0.717) is 5.16 Å². The van der Waals surface area contributed by atoms with Crippen LogP contribution in [0.2, 0.25) is 0 Å². The highest BCUT2D eigenvalue weighted by molar-refractivity contribution is 8.00. The Hall–Kier alpha value is -1.94. The molecular formula is C12H8F3N5S2. The van der Waals surface area contributed by atoms with E-state index in [-0.39, 0.29) is 4.34 Å². The molecule has 1 aromatic carbocycles. The number of halogens is 3. The highest BCUT2D eigenvalue weighted by atomic mass is 32.2. The van der Waals surface area contributed by atoms with Gasteiger partial charge in [-0.25, -0.2) is 4.98 Å². The van der Waals surface area contributed by atoms with Gasteiger partial charge in [-0.2, -0.15) is 17.9 Å². The fourth-order valence-corrected chi connectivity index (χ4v) is 3.32. The second-order valence-corrected chi connectivity index (χ2v) is 6.38. The van der Waals surface area contributed by atoms with Gasteiger partial charge in [-0.3, -0.25) is 0 Å². The summed E-state index contributed by atoms with van der Waals surface area (Å²) in [7, 11) is 0. The number of hydrogen-bond acceptors (Lipinski definition) is 6. The van der Waals surface area contributed by atoms with Crippen molar-refractivity contribution in [2.75, 3.05) is 0 Å². The molecule has 0 bridgehead atoms. The summed E-state index contributed by atoms with van der Waals surface area (Å²) in [4.78, 5) is 3.55. The zero-order chi connectivity index (χ0) is 15.7. The number of alkyl halides is 3. The van der Waals surface area contributed by atoms with Crippen LogP contribution >= 0.6 is 23.1 Å². The normalized spacial score (nSPS) is 11.8. The first-order valence-electron chi connectivity index (χ1n) is 5.99. The monoisotopic (exact) mass is 343 g/mol. The first-order chi connectivity index (χ1) is 10.4. The van der Waals surface area contributed by atoms with Gasteiger partial charge in [0, 0.05) is 5.38 Å². The largest absolute Gasteiger partial charge is 0.434 e. The van der Waals surface area contributed by atoms with Crippen LogP contribution in [0.1, 0.15) is 11.3 Å². The smallest absolute Gasteiger partial charge is 0.225 e. The lowest BCUT2D eigenvalue weighted by atomic mass is 10.2. The van der Waals surface area contributed by atoms with Gasteiger partial charge in [0.25, 0.3) is 0 Å². The van der Waals surface area contributed by atoms with Crippen molar-refractivity contribution in [1.82, 2.24) is 25.2 Å². The summed E-state index contributed by atoms with van der Waals surface area (Å²) in [5, 5.41) is 12.6. The first-order valence-corrected chi connectivity index (χ1v) is 7.69. The number of benzene rings is 1. The average molecular weight is 343 g/mol. The van der Waals surface area contributed by atoms with Crippen LogP contribution in [0.15, 0.2) is 39.1 Å². The molecule has 0 saturated carbocycles. The Morgan fingerprint density at radius 2 is 1.91 bits per heavy atom. The molecule has 10 heteroatoms. The summed E-state index contributed by atoms with van der Waals surface area (Å²) in [6.45, 7) is 1.95. The highest BCUT2D eigenvalue weighted by Crippen LogP contribution is 2.35. The third kappa shape index (κ3) is 3.12. The van der Waals surface area contributed by atoms with E-state index in [1.165, 1.54) is 4.68 Å². The Kier molecular flexibility index (Phi) is 3.87. The quantitative estimate of drug-likeness (QED) is 0.727. The Morgan fingerprint density at radius 1 is 1.18 bits per heavy atom. The number of thiazole rings is 1. The molecule has 0 fully saturated rings. The Balaban J connectivity index is 1.86. The van der Waals surface area contributed by atoms with Crippen LogP contribution < -0.4 is 0 Å². The van der Waals surface area contributed by atoms with Crippen molar-refractivity contribution in [2.45, 2.75) is 22.6 Å². The molecule has 0 saturated heterocycles. The highest BCUT2D eigenvalue weighted by Gasteiger charge is 2.34. The summed E-state index contributed by atoms with van der Waals surface area (Å²) >= 11 is 1.90. The third-order valence-electron chi connectivity index (χ3n) is 2.67. The molecule has 2 aromatic heterocycles. The van der Waals surface area contributed by atoms with Gasteiger partial charge in [0.2, 0.25) is 5.16 Å². The molecule has 5 nitrogen and oxygen atoms in total. The fraction of sp³-hybridized carbons (Fsp3) is 0.167. The van der Waals surface area contributed by atoms with E-state index in [9.17, 15) is 13.2 Å². The molecule has 0 aliphatic rings. The number of hydrogen-bond donors (Lipinski definition) is 0. The Morgan fingerprint density at radius 3 is 2.55 bits per heavy atom. The predicted molar refractivity (Wildman–Crippen MR) is 75.1 cm³/mol. The van der Waals surface area contributed by atoms with Crippen molar-refractivity contribution in [3.8, 4) is 5.69 Å². The second-order valence-electron chi connectivity index (χ2n) is 4.31. The van der Waals surface area contributed by atoms with Crippen LogP contribution in [-0.4, -0.2) is 25.2 Å². The summed E-state index contributed by atoms with van der Waals surface area (Å²) in [6, 6.07) is 7.46. The molecule has 0 N–H and O–H groups in total. The predicted octanol–water partition coefficient (Wildman–Crippen LogP) is 3.60. The van der Waals surface area contributed by atoms with Crippen molar-refractivity contribution in [1.29, 1.82) is 0 Å². The van der Waals surface area contributed by atoms with Crippen molar-refractivity contribution in [3.05, 3.63) is 40.9 Å². The lowest BCUT2D eigenvalue weighted by molar-refractivity contribution is -0.141. The van der Waals surface area contributed by atoms with Crippen molar-refractivity contribution < 1.29 is 13.2 Å². The molecular weight excluding hydrogens is 335 g/mol. The fourth-order valence-electron chi connectivity index (χ4n) is 1.60. The van der Waals surface area contributed by atoms with Crippen molar-refractivity contribution in [2.24, 2.45) is 0 Å².